The van der Waals surface area contributed by atoms with Crippen LogP contribution in [0.5, 0.6) is 11.5 Å². The molecular weight excluding hydrogens is 240 g/mol. The van der Waals surface area contributed by atoms with Gasteiger partial charge in [-0.05, 0) is 42.9 Å². The number of rotatable bonds is 7. The maximum absolute atomic E-state index is 8.74. The maximum Gasteiger partial charge on any atom is 0.123 e. The Hall–Kier alpha value is -1.22. The molecule has 3 heteroatoms. The molecule has 0 heterocycles. The molecule has 0 radical (unpaired) electrons. The highest BCUT2D eigenvalue weighted by Crippen LogP contribution is 2.34. The summed E-state index contributed by atoms with van der Waals surface area (Å²) in [6.07, 6.45) is 2.81. The van der Waals surface area contributed by atoms with Crippen LogP contribution in [-0.4, -0.2) is 25.4 Å². The third kappa shape index (κ3) is 5.11. The van der Waals surface area contributed by atoms with Crippen LogP contribution in [0.1, 0.15) is 45.6 Å². The van der Waals surface area contributed by atoms with Crippen molar-refractivity contribution in [1.82, 2.24) is 0 Å². The van der Waals surface area contributed by atoms with Crippen molar-refractivity contribution in [2.24, 2.45) is 0 Å². The van der Waals surface area contributed by atoms with Gasteiger partial charge in [-0.25, -0.2) is 0 Å². The van der Waals surface area contributed by atoms with E-state index in [-0.39, 0.29) is 12.0 Å². The quantitative estimate of drug-likeness (QED) is 0.767. The lowest BCUT2D eigenvalue weighted by Gasteiger charge is -2.23. The number of unbranched alkanes of at least 4 members (excludes halogenated alkanes) is 2. The topological polar surface area (TPSA) is 38.7 Å². The molecule has 0 aliphatic carbocycles. The van der Waals surface area contributed by atoms with Crippen molar-refractivity contribution >= 4 is 0 Å². The normalized spacial score (nSPS) is 11.4. The summed E-state index contributed by atoms with van der Waals surface area (Å²) in [5, 5.41) is 8.74. The summed E-state index contributed by atoms with van der Waals surface area (Å²) in [6.45, 7) is 7.45. The molecule has 19 heavy (non-hydrogen) atoms. The van der Waals surface area contributed by atoms with Gasteiger partial charge >= 0.3 is 0 Å². The van der Waals surface area contributed by atoms with Crippen molar-refractivity contribution < 1.29 is 14.6 Å². The van der Waals surface area contributed by atoms with E-state index in [0.717, 1.165) is 36.3 Å². The summed E-state index contributed by atoms with van der Waals surface area (Å²) < 4.78 is 11.2. The van der Waals surface area contributed by atoms with Gasteiger partial charge < -0.3 is 14.6 Å². The predicted octanol–water partition coefficient (Wildman–Crippen LogP) is 3.53. The fourth-order valence-corrected chi connectivity index (χ4v) is 1.92. The summed E-state index contributed by atoms with van der Waals surface area (Å²) in [5.41, 5.74) is 1.18. The zero-order valence-corrected chi connectivity index (χ0v) is 12.5. The van der Waals surface area contributed by atoms with Gasteiger partial charge in [0.25, 0.3) is 0 Å². The van der Waals surface area contributed by atoms with E-state index in [1.807, 2.05) is 18.2 Å². The fourth-order valence-electron chi connectivity index (χ4n) is 1.92. The Morgan fingerprint density at radius 3 is 2.42 bits per heavy atom. The molecule has 1 rings (SSSR count). The first-order valence-electron chi connectivity index (χ1n) is 6.91. The van der Waals surface area contributed by atoms with E-state index < -0.39 is 0 Å². The zero-order valence-electron chi connectivity index (χ0n) is 12.5. The lowest BCUT2D eigenvalue weighted by Crippen LogP contribution is -2.14. The Labute approximate surface area is 116 Å². The van der Waals surface area contributed by atoms with Crippen LogP contribution in [0.3, 0.4) is 0 Å². The Bertz CT molecular complexity index is 380. The Kier molecular flexibility index (Phi) is 6.16. The molecule has 0 amide bonds. The molecule has 0 aliphatic rings. The van der Waals surface area contributed by atoms with Crippen molar-refractivity contribution in [1.29, 1.82) is 0 Å². The largest absolute Gasteiger partial charge is 0.497 e. The molecule has 3 nitrogen and oxygen atoms in total. The molecule has 1 aromatic carbocycles. The van der Waals surface area contributed by atoms with Crippen LogP contribution in [0.4, 0.5) is 0 Å². The number of hydrogen-bond acceptors (Lipinski definition) is 3. The minimum Gasteiger partial charge on any atom is -0.497 e. The van der Waals surface area contributed by atoms with E-state index >= 15 is 0 Å². The molecule has 0 saturated heterocycles. The molecule has 0 spiro atoms. The number of aliphatic hydroxyl groups is 1. The van der Waals surface area contributed by atoms with Gasteiger partial charge in [0.05, 0.1) is 13.7 Å². The van der Waals surface area contributed by atoms with Crippen LogP contribution in [0.25, 0.3) is 0 Å². The lowest BCUT2D eigenvalue weighted by molar-refractivity contribution is 0.263. The molecule has 1 aromatic rings. The van der Waals surface area contributed by atoms with Gasteiger partial charge in [-0.3, -0.25) is 0 Å². The molecule has 0 saturated carbocycles. The number of methoxy groups -OCH3 is 1. The first-order chi connectivity index (χ1) is 8.99. The average molecular weight is 266 g/mol. The average Bonchev–Trinajstić information content (AvgIpc) is 2.37. The van der Waals surface area contributed by atoms with E-state index in [0.29, 0.717) is 6.61 Å². The molecule has 108 valence electrons. The van der Waals surface area contributed by atoms with E-state index in [2.05, 4.69) is 20.8 Å². The molecule has 0 bridgehead atoms. The zero-order chi connectivity index (χ0) is 14.3. The van der Waals surface area contributed by atoms with Crippen LogP contribution in [0.2, 0.25) is 0 Å². The van der Waals surface area contributed by atoms with Crippen molar-refractivity contribution in [3.8, 4) is 11.5 Å². The molecule has 0 fully saturated rings. The number of aliphatic hydroxyl groups excluding tert-OH is 1. The highest BCUT2D eigenvalue weighted by molar-refractivity contribution is 5.44. The first-order valence-corrected chi connectivity index (χ1v) is 6.91. The molecule has 0 atom stereocenters. The molecule has 1 N–H and O–H groups in total. The number of benzene rings is 1. The minimum atomic E-state index is 0.0228. The highest BCUT2D eigenvalue weighted by Gasteiger charge is 2.19. The summed E-state index contributed by atoms with van der Waals surface area (Å²) in [5.74, 6) is 1.79. The molecule has 0 aromatic heterocycles. The third-order valence-corrected chi connectivity index (χ3v) is 3.05. The summed E-state index contributed by atoms with van der Waals surface area (Å²) >= 11 is 0. The van der Waals surface area contributed by atoms with Crippen LogP contribution in [-0.2, 0) is 5.41 Å². The third-order valence-electron chi connectivity index (χ3n) is 3.05. The molecule has 0 aliphatic heterocycles. The number of hydrogen-bond donors (Lipinski definition) is 1. The Morgan fingerprint density at radius 2 is 1.84 bits per heavy atom. The van der Waals surface area contributed by atoms with Crippen molar-refractivity contribution in [3.05, 3.63) is 23.8 Å². The van der Waals surface area contributed by atoms with Crippen LogP contribution < -0.4 is 9.47 Å². The van der Waals surface area contributed by atoms with Gasteiger partial charge in [-0.1, -0.05) is 20.8 Å². The molecular formula is C16H26O3. The van der Waals surface area contributed by atoms with Gasteiger partial charge in [0.1, 0.15) is 11.5 Å². The Balaban J connectivity index is 2.71. The highest BCUT2D eigenvalue weighted by atomic mass is 16.5. The lowest BCUT2D eigenvalue weighted by atomic mass is 9.86. The van der Waals surface area contributed by atoms with Crippen LogP contribution in [0.15, 0.2) is 18.2 Å². The molecule has 0 unspecified atom stereocenters. The predicted molar refractivity (Wildman–Crippen MR) is 78.1 cm³/mol. The fraction of sp³-hybridized carbons (Fsp3) is 0.625. The first kappa shape index (κ1) is 15.8. The second-order valence-electron chi connectivity index (χ2n) is 5.74. The van der Waals surface area contributed by atoms with Crippen LogP contribution in [0, 0.1) is 0 Å². The summed E-state index contributed by atoms with van der Waals surface area (Å²) in [4.78, 5) is 0. The van der Waals surface area contributed by atoms with Gasteiger partial charge in [0.15, 0.2) is 0 Å². The monoisotopic (exact) mass is 266 g/mol. The van der Waals surface area contributed by atoms with Crippen molar-refractivity contribution in [2.45, 2.75) is 45.4 Å². The van der Waals surface area contributed by atoms with Crippen molar-refractivity contribution in [3.63, 3.8) is 0 Å². The summed E-state index contributed by atoms with van der Waals surface area (Å²) in [7, 11) is 1.68. The minimum absolute atomic E-state index is 0.0228. The smallest absolute Gasteiger partial charge is 0.123 e. The van der Waals surface area contributed by atoms with Gasteiger partial charge in [-0.2, -0.15) is 0 Å². The van der Waals surface area contributed by atoms with E-state index in [1.165, 1.54) is 0 Å². The second-order valence-corrected chi connectivity index (χ2v) is 5.74. The summed E-state index contributed by atoms with van der Waals surface area (Å²) in [6, 6.07) is 5.95. The number of ether oxygens (including phenoxy) is 2. The maximum atomic E-state index is 8.74. The Morgan fingerprint density at radius 1 is 1.11 bits per heavy atom. The second kappa shape index (κ2) is 7.39. The van der Waals surface area contributed by atoms with Gasteiger partial charge in [0.2, 0.25) is 0 Å². The van der Waals surface area contributed by atoms with E-state index in [1.54, 1.807) is 7.11 Å². The SMILES string of the molecule is COc1ccc(OCCCCCO)c(C(C)(C)C)c1. The van der Waals surface area contributed by atoms with Crippen LogP contribution >= 0.6 is 0 Å². The standard InChI is InChI=1S/C16H26O3/c1-16(2,3)14-12-13(18-4)8-9-15(14)19-11-7-5-6-10-17/h8-9,12,17H,5-7,10-11H2,1-4H3. The van der Waals surface area contributed by atoms with E-state index in [9.17, 15) is 0 Å². The van der Waals surface area contributed by atoms with Gasteiger partial charge in [-0.15, -0.1) is 0 Å². The van der Waals surface area contributed by atoms with Gasteiger partial charge in [0, 0.05) is 12.2 Å². The van der Waals surface area contributed by atoms with Crippen molar-refractivity contribution in [2.75, 3.05) is 20.3 Å². The van der Waals surface area contributed by atoms with E-state index in [4.69, 9.17) is 14.6 Å².